The van der Waals surface area contributed by atoms with Gasteiger partial charge < -0.3 is 15.5 Å². The third-order valence-corrected chi connectivity index (χ3v) is 3.93. The number of nitrogens with one attached hydrogen (secondary N) is 2. The monoisotopic (exact) mass is 335 g/mol. The average molecular weight is 335 g/mol. The summed E-state index contributed by atoms with van der Waals surface area (Å²) in [6.07, 6.45) is 2.64. The molecule has 9 nitrogen and oxygen atoms in total. The topological polar surface area (TPSA) is 117 Å². The fourth-order valence-electron chi connectivity index (χ4n) is 2.61. The number of pyridine rings is 1. The van der Waals surface area contributed by atoms with Gasteiger partial charge in [-0.2, -0.15) is 0 Å². The molecule has 0 aliphatic carbocycles. The fraction of sp³-hybridized carbons (Fsp3) is 0.533. The van der Waals surface area contributed by atoms with Gasteiger partial charge in [0, 0.05) is 45.1 Å². The van der Waals surface area contributed by atoms with Gasteiger partial charge in [0.15, 0.2) is 0 Å². The summed E-state index contributed by atoms with van der Waals surface area (Å²) >= 11 is 0. The van der Waals surface area contributed by atoms with Crippen LogP contribution in [0.25, 0.3) is 0 Å². The van der Waals surface area contributed by atoms with Crippen LogP contribution in [0, 0.1) is 16.0 Å². The molecule has 1 aliphatic rings. The maximum absolute atomic E-state index is 12.1. The van der Waals surface area contributed by atoms with E-state index >= 15 is 0 Å². The number of amides is 2. The maximum atomic E-state index is 12.1. The van der Waals surface area contributed by atoms with Crippen LogP contribution in [0.1, 0.15) is 19.8 Å². The number of nitro groups is 1. The van der Waals surface area contributed by atoms with Crippen molar-refractivity contribution in [3.05, 3.63) is 28.4 Å². The van der Waals surface area contributed by atoms with E-state index in [2.05, 4.69) is 15.6 Å². The Labute approximate surface area is 139 Å². The van der Waals surface area contributed by atoms with Crippen LogP contribution in [0.5, 0.6) is 0 Å². The summed E-state index contributed by atoms with van der Waals surface area (Å²) in [6, 6.07) is 3.06. The zero-order valence-electron chi connectivity index (χ0n) is 13.5. The quantitative estimate of drug-likeness (QED) is 0.443. The fourth-order valence-corrected chi connectivity index (χ4v) is 2.61. The number of aromatic nitrogens is 1. The molecule has 0 radical (unpaired) electrons. The zero-order valence-corrected chi connectivity index (χ0v) is 13.5. The van der Waals surface area contributed by atoms with E-state index in [0.717, 1.165) is 0 Å². The standard InChI is InChI=1S/C15H21N5O4/c1-11(21)16-6-7-17-15(22)12-4-8-19(9-5-12)14-3-2-13(10-18-14)20(23)24/h2-3,10,12H,4-9H2,1H3,(H,16,21)(H,17,22). The van der Waals surface area contributed by atoms with E-state index in [1.807, 2.05) is 4.90 Å². The molecule has 1 aliphatic heterocycles. The molecule has 2 N–H and O–H groups in total. The molecule has 1 fully saturated rings. The second kappa shape index (κ2) is 8.23. The van der Waals surface area contributed by atoms with Crippen LogP contribution in [0.4, 0.5) is 11.5 Å². The Balaban J connectivity index is 1.77. The largest absolute Gasteiger partial charge is 0.357 e. The molecule has 0 bridgehead atoms. The van der Waals surface area contributed by atoms with Crippen molar-refractivity contribution in [3.8, 4) is 0 Å². The minimum atomic E-state index is -0.478. The molecule has 2 heterocycles. The number of nitrogens with zero attached hydrogens (tertiary/aromatic N) is 3. The molecule has 1 saturated heterocycles. The summed E-state index contributed by atoms with van der Waals surface area (Å²) in [5, 5.41) is 16.1. The Kier molecular flexibility index (Phi) is 6.05. The van der Waals surface area contributed by atoms with Gasteiger partial charge in [0.05, 0.1) is 4.92 Å². The minimum absolute atomic E-state index is 0.00309. The minimum Gasteiger partial charge on any atom is -0.357 e. The lowest BCUT2D eigenvalue weighted by atomic mass is 9.96. The molecule has 1 aromatic rings. The molecule has 24 heavy (non-hydrogen) atoms. The highest BCUT2D eigenvalue weighted by molar-refractivity contribution is 5.79. The summed E-state index contributed by atoms with van der Waals surface area (Å²) < 4.78 is 0. The first-order valence-corrected chi connectivity index (χ1v) is 7.85. The Bertz CT molecular complexity index is 596. The third kappa shape index (κ3) is 4.90. The molecule has 0 saturated carbocycles. The van der Waals surface area contributed by atoms with Gasteiger partial charge in [0.1, 0.15) is 12.0 Å². The molecule has 2 rings (SSSR count). The highest BCUT2D eigenvalue weighted by atomic mass is 16.6. The van der Waals surface area contributed by atoms with Crippen molar-refractivity contribution >= 4 is 23.3 Å². The Morgan fingerprint density at radius 3 is 2.50 bits per heavy atom. The molecule has 1 aromatic heterocycles. The van der Waals surface area contributed by atoms with Crippen molar-refractivity contribution < 1.29 is 14.5 Å². The lowest BCUT2D eigenvalue weighted by molar-refractivity contribution is -0.385. The van der Waals surface area contributed by atoms with Crippen molar-refractivity contribution in [1.82, 2.24) is 15.6 Å². The predicted octanol–water partition coefficient (Wildman–Crippen LogP) is 0.459. The number of rotatable bonds is 6. The van der Waals surface area contributed by atoms with Crippen molar-refractivity contribution in [1.29, 1.82) is 0 Å². The van der Waals surface area contributed by atoms with E-state index in [1.54, 1.807) is 6.07 Å². The molecular weight excluding hydrogens is 314 g/mol. The second-order valence-corrected chi connectivity index (χ2v) is 5.67. The van der Waals surface area contributed by atoms with Gasteiger partial charge in [-0.3, -0.25) is 19.7 Å². The van der Waals surface area contributed by atoms with Crippen LogP contribution >= 0.6 is 0 Å². The maximum Gasteiger partial charge on any atom is 0.287 e. The van der Waals surface area contributed by atoms with Gasteiger partial charge in [-0.15, -0.1) is 0 Å². The Morgan fingerprint density at radius 1 is 1.29 bits per heavy atom. The van der Waals surface area contributed by atoms with E-state index in [1.165, 1.54) is 19.2 Å². The van der Waals surface area contributed by atoms with Crippen LogP contribution in [0.3, 0.4) is 0 Å². The number of carbonyl (C=O) groups excluding carboxylic acids is 2. The van der Waals surface area contributed by atoms with Gasteiger partial charge in [0.25, 0.3) is 5.69 Å². The molecule has 0 aromatic carbocycles. The van der Waals surface area contributed by atoms with Crippen LogP contribution in [0.15, 0.2) is 18.3 Å². The number of piperidine rings is 1. The first kappa shape index (κ1) is 17.6. The number of carbonyl (C=O) groups is 2. The normalized spacial score (nSPS) is 15.0. The van der Waals surface area contributed by atoms with Crippen molar-refractivity contribution in [3.63, 3.8) is 0 Å². The smallest absolute Gasteiger partial charge is 0.287 e. The molecule has 9 heteroatoms. The van der Waals surface area contributed by atoms with E-state index in [9.17, 15) is 19.7 Å². The molecule has 0 spiro atoms. The van der Waals surface area contributed by atoms with Crippen LogP contribution in [-0.2, 0) is 9.59 Å². The van der Waals surface area contributed by atoms with Gasteiger partial charge in [-0.1, -0.05) is 0 Å². The van der Waals surface area contributed by atoms with E-state index in [-0.39, 0.29) is 23.4 Å². The van der Waals surface area contributed by atoms with Crippen molar-refractivity contribution in [2.45, 2.75) is 19.8 Å². The number of hydrogen-bond donors (Lipinski definition) is 2. The van der Waals surface area contributed by atoms with Crippen LogP contribution in [-0.4, -0.2) is 47.9 Å². The SMILES string of the molecule is CC(=O)NCCNC(=O)C1CCN(c2ccc([N+](=O)[O-])cn2)CC1. The Hall–Kier alpha value is -2.71. The zero-order chi connectivity index (χ0) is 17.5. The van der Waals surface area contributed by atoms with Gasteiger partial charge in [0.2, 0.25) is 11.8 Å². The van der Waals surface area contributed by atoms with Gasteiger partial charge >= 0.3 is 0 Å². The summed E-state index contributed by atoms with van der Waals surface area (Å²) in [7, 11) is 0. The molecule has 0 unspecified atom stereocenters. The van der Waals surface area contributed by atoms with E-state index in [0.29, 0.717) is 44.8 Å². The molecular formula is C15H21N5O4. The van der Waals surface area contributed by atoms with E-state index < -0.39 is 4.92 Å². The van der Waals surface area contributed by atoms with Gasteiger partial charge in [-0.25, -0.2) is 4.98 Å². The number of hydrogen-bond acceptors (Lipinski definition) is 6. The van der Waals surface area contributed by atoms with Crippen LogP contribution in [0.2, 0.25) is 0 Å². The molecule has 2 amide bonds. The first-order valence-electron chi connectivity index (χ1n) is 7.85. The molecule has 0 atom stereocenters. The summed E-state index contributed by atoms with van der Waals surface area (Å²) in [5.74, 6) is 0.506. The summed E-state index contributed by atoms with van der Waals surface area (Å²) in [6.45, 7) is 3.63. The highest BCUT2D eigenvalue weighted by Crippen LogP contribution is 2.23. The molecule has 130 valence electrons. The summed E-state index contributed by atoms with van der Waals surface area (Å²) in [4.78, 5) is 39.1. The van der Waals surface area contributed by atoms with Crippen LogP contribution < -0.4 is 15.5 Å². The lowest BCUT2D eigenvalue weighted by Crippen LogP contribution is -2.42. The predicted molar refractivity (Wildman–Crippen MR) is 87.5 cm³/mol. The summed E-state index contributed by atoms with van der Waals surface area (Å²) in [5.41, 5.74) is -0.0350. The van der Waals surface area contributed by atoms with Gasteiger partial charge in [-0.05, 0) is 18.9 Å². The number of anilines is 1. The average Bonchev–Trinajstić information content (AvgIpc) is 2.58. The third-order valence-electron chi connectivity index (χ3n) is 3.93. The van der Waals surface area contributed by atoms with E-state index in [4.69, 9.17) is 0 Å². The lowest BCUT2D eigenvalue weighted by Gasteiger charge is -2.32. The second-order valence-electron chi connectivity index (χ2n) is 5.67. The van der Waals surface area contributed by atoms with Crippen molar-refractivity contribution in [2.75, 3.05) is 31.1 Å². The Morgan fingerprint density at radius 2 is 1.96 bits per heavy atom. The highest BCUT2D eigenvalue weighted by Gasteiger charge is 2.25. The van der Waals surface area contributed by atoms with Crippen molar-refractivity contribution in [2.24, 2.45) is 5.92 Å². The first-order chi connectivity index (χ1) is 11.5.